The molecule has 0 fully saturated rings. The minimum Gasteiger partial charge on any atom is -0.476 e. The van der Waals surface area contributed by atoms with Gasteiger partial charge in [-0.05, 0) is 34.5 Å². The number of nitrogens with zero attached hydrogens (tertiary/aromatic N) is 2. The highest BCUT2D eigenvalue weighted by Crippen LogP contribution is 2.21. The highest BCUT2D eigenvalue weighted by Gasteiger charge is 2.13. The van der Waals surface area contributed by atoms with Gasteiger partial charge < -0.3 is 10.4 Å². The molecule has 3 N–H and O–H groups in total. The molecule has 6 nitrogen and oxygen atoms in total. The van der Waals surface area contributed by atoms with Crippen LogP contribution in [0.4, 0.5) is 5.82 Å². The van der Waals surface area contributed by atoms with Crippen LogP contribution in [0.1, 0.15) is 16.1 Å². The monoisotopic (exact) mass is 302 g/mol. The largest absolute Gasteiger partial charge is 0.476 e. The van der Waals surface area contributed by atoms with Crippen LogP contribution >= 0.6 is 11.6 Å². The third kappa shape index (κ3) is 2.80. The zero-order valence-corrected chi connectivity index (χ0v) is 11.6. The number of nitrogens with one attached hydrogen (secondary N) is 2. The van der Waals surface area contributed by atoms with E-state index in [4.69, 9.17) is 16.7 Å². The average molecular weight is 303 g/mol. The molecule has 2 aromatic carbocycles. The van der Waals surface area contributed by atoms with Crippen molar-refractivity contribution < 1.29 is 9.90 Å². The lowest BCUT2D eigenvalue weighted by Crippen LogP contribution is -2.06. The van der Waals surface area contributed by atoms with E-state index in [2.05, 4.69) is 20.7 Å². The van der Waals surface area contributed by atoms with E-state index in [-0.39, 0.29) is 11.5 Å². The number of hydrogen-bond acceptors (Lipinski definition) is 4. The van der Waals surface area contributed by atoms with Gasteiger partial charge in [0.05, 0.1) is 0 Å². The number of carboxylic acid groups (broad SMARTS) is 1. The normalized spacial score (nSPS) is 10.7. The maximum atomic E-state index is 10.9. The Morgan fingerprint density at radius 2 is 2.00 bits per heavy atom. The van der Waals surface area contributed by atoms with Gasteiger partial charge in [0.1, 0.15) is 0 Å². The lowest BCUT2D eigenvalue weighted by atomic mass is 10.1. The molecule has 0 aliphatic carbocycles. The van der Waals surface area contributed by atoms with Crippen LogP contribution in [0.25, 0.3) is 10.8 Å². The van der Waals surface area contributed by atoms with Crippen LogP contribution in [0.15, 0.2) is 36.4 Å². The van der Waals surface area contributed by atoms with E-state index in [0.717, 1.165) is 16.3 Å². The molecule has 0 bridgehead atoms. The first-order valence-corrected chi connectivity index (χ1v) is 6.58. The van der Waals surface area contributed by atoms with Gasteiger partial charge in [-0.3, -0.25) is 0 Å². The number of aromatic carboxylic acids is 1. The third-order valence-electron chi connectivity index (χ3n) is 3.09. The molecule has 0 unspecified atom stereocenters. The number of halogens is 1. The predicted octanol–water partition coefficient (Wildman–Crippen LogP) is 2.92. The Balaban J connectivity index is 1.80. The second kappa shape index (κ2) is 5.41. The minimum atomic E-state index is -1.10. The molecule has 21 heavy (non-hydrogen) atoms. The highest BCUT2D eigenvalue weighted by molar-refractivity contribution is 6.31. The number of rotatable bonds is 4. The standard InChI is InChI=1S/C14H11ClN4O2/c15-11-4-3-9-5-8(1-2-10(9)6-11)7-16-13-12(14(20)21)17-19-18-13/h1-6H,7H2,(H,20,21)(H2,16,17,18,19). The van der Waals surface area contributed by atoms with Gasteiger partial charge in [-0.2, -0.15) is 0 Å². The zero-order valence-electron chi connectivity index (χ0n) is 10.8. The molecule has 0 atom stereocenters. The van der Waals surface area contributed by atoms with Crippen molar-refractivity contribution >= 4 is 34.2 Å². The zero-order chi connectivity index (χ0) is 14.8. The van der Waals surface area contributed by atoms with Crippen molar-refractivity contribution in [3.8, 4) is 0 Å². The van der Waals surface area contributed by atoms with Crippen molar-refractivity contribution in [2.45, 2.75) is 6.54 Å². The summed E-state index contributed by atoms with van der Waals surface area (Å²) < 4.78 is 0. The number of carbonyl (C=O) groups is 1. The van der Waals surface area contributed by atoms with Gasteiger partial charge in [-0.15, -0.1) is 5.10 Å². The van der Waals surface area contributed by atoms with Crippen LogP contribution in [0, 0.1) is 0 Å². The van der Waals surface area contributed by atoms with Crippen LogP contribution in [0.2, 0.25) is 5.02 Å². The summed E-state index contributed by atoms with van der Waals surface area (Å²) in [6.07, 6.45) is 0. The van der Waals surface area contributed by atoms with E-state index in [1.54, 1.807) is 0 Å². The van der Waals surface area contributed by atoms with Gasteiger partial charge in [0.25, 0.3) is 0 Å². The number of H-pyrrole nitrogens is 1. The number of anilines is 1. The van der Waals surface area contributed by atoms with Crippen LogP contribution in [0.3, 0.4) is 0 Å². The van der Waals surface area contributed by atoms with E-state index in [1.165, 1.54) is 0 Å². The van der Waals surface area contributed by atoms with Gasteiger partial charge in [0.2, 0.25) is 0 Å². The Hall–Kier alpha value is -2.60. The summed E-state index contributed by atoms with van der Waals surface area (Å²) in [5, 5.41) is 24.3. The Morgan fingerprint density at radius 1 is 1.24 bits per heavy atom. The van der Waals surface area contributed by atoms with Crippen LogP contribution in [0.5, 0.6) is 0 Å². The second-order valence-electron chi connectivity index (χ2n) is 4.52. The van der Waals surface area contributed by atoms with Crippen molar-refractivity contribution in [3.05, 3.63) is 52.7 Å². The summed E-state index contributed by atoms with van der Waals surface area (Å²) >= 11 is 5.95. The van der Waals surface area contributed by atoms with Gasteiger partial charge in [0, 0.05) is 11.6 Å². The first kappa shape index (κ1) is 13.4. The fraction of sp³-hybridized carbons (Fsp3) is 0.0714. The SMILES string of the molecule is O=C(O)c1[nH]nnc1NCc1ccc2cc(Cl)ccc2c1. The van der Waals surface area contributed by atoms with E-state index in [9.17, 15) is 4.79 Å². The molecular formula is C14H11ClN4O2. The summed E-state index contributed by atoms with van der Waals surface area (Å²) in [5.74, 6) is -0.880. The van der Waals surface area contributed by atoms with Gasteiger partial charge in [-0.1, -0.05) is 35.0 Å². The van der Waals surface area contributed by atoms with Crippen LogP contribution in [-0.2, 0) is 6.54 Å². The molecule has 0 radical (unpaired) electrons. The summed E-state index contributed by atoms with van der Waals surface area (Å²) in [4.78, 5) is 10.9. The number of fused-ring (bicyclic) bond motifs is 1. The van der Waals surface area contributed by atoms with Gasteiger partial charge in [-0.25, -0.2) is 9.89 Å². The molecule has 0 amide bonds. The van der Waals surface area contributed by atoms with E-state index >= 15 is 0 Å². The Morgan fingerprint density at radius 3 is 2.81 bits per heavy atom. The molecule has 0 spiro atoms. The Labute approximate surface area is 124 Å². The Kier molecular flexibility index (Phi) is 3.45. The molecule has 1 aromatic heterocycles. The maximum Gasteiger partial charge on any atom is 0.357 e. The van der Waals surface area contributed by atoms with E-state index < -0.39 is 5.97 Å². The topological polar surface area (TPSA) is 90.9 Å². The molecule has 0 saturated heterocycles. The third-order valence-corrected chi connectivity index (χ3v) is 3.32. The molecule has 0 aliphatic heterocycles. The van der Waals surface area contributed by atoms with Crippen molar-refractivity contribution in [2.24, 2.45) is 0 Å². The van der Waals surface area contributed by atoms with Crippen LogP contribution < -0.4 is 5.32 Å². The summed E-state index contributed by atoms with van der Waals surface area (Å²) in [5.41, 5.74) is 0.951. The average Bonchev–Trinajstić information content (AvgIpc) is 2.93. The Bertz CT molecular complexity index is 816. The quantitative estimate of drug-likeness (QED) is 0.689. The summed E-state index contributed by atoms with van der Waals surface area (Å²) in [6.45, 7) is 0.450. The molecule has 0 saturated carbocycles. The number of aromatic nitrogens is 3. The fourth-order valence-corrected chi connectivity index (χ4v) is 2.24. The van der Waals surface area contributed by atoms with Gasteiger partial charge in [0.15, 0.2) is 11.5 Å². The van der Waals surface area contributed by atoms with Crippen molar-refractivity contribution in [2.75, 3.05) is 5.32 Å². The number of carboxylic acids is 1. The first-order chi connectivity index (χ1) is 10.1. The molecule has 106 valence electrons. The predicted molar refractivity (Wildman–Crippen MR) is 79.6 cm³/mol. The number of hydrogen-bond donors (Lipinski definition) is 3. The first-order valence-electron chi connectivity index (χ1n) is 6.20. The number of aromatic amines is 1. The molecule has 7 heteroatoms. The van der Waals surface area contributed by atoms with Gasteiger partial charge >= 0.3 is 5.97 Å². The van der Waals surface area contributed by atoms with Crippen LogP contribution in [-0.4, -0.2) is 26.5 Å². The molecule has 3 aromatic rings. The summed E-state index contributed by atoms with van der Waals surface area (Å²) in [7, 11) is 0. The van der Waals surface area contributed by atoms with Crippen molar-refractivity contribution in [1.82, 2.24) is 15.4 Å². The smallest absolute Gasteiger partial charge is 0.357 e. The summed E-state index contributed by atoms with van der Waals surface area (Å²) in [6, 6.07) is 11.6. The second-order valence-corrected chi connectivity index (χ2v) is 4.96. The molecule has 3 rings (SSSR count). The molecular weight excluding hydrogens is 292 g/mol. The van der Waals surface area contributed by atoms with Crippen molar-refractivity contribution in [1.29, 1.82) is 0 Å². The van der Waals surface area contributed by atoms with E-state index in [1.807, 2.05) is 36.4 Å². The minimum absolute atomic E-state index is 0.0532. The maximum absolute atomic E-state index is 10.9. The highest BCUT2D eigenvalue weighted by atomic mass is 35.5. The molecule has 0 aliphatic rings. The van der Waals surface area contributed by atoms with Crippen molar-refractivity contribution in [3.63, 3.8) is 0 Å². The lowest BCUT2D eigenvalue weighted by molar-refractivity contribution is 0.0691. The fourth-order valence-electron chi connectivity index (χ4n) is 2.06. The molecule has 1 heterocycles. The lowest BCUT2D eigenvalue weighted by Gasteiger charge is -2.06. The van der Waals surface area contributed by atoms with E-state index in [0.29, 0.717) is 11.6 Å². The number of benzene rings is 2.